The van der Waals surface area contributed by atoms with E-state index in [1.165, 1.54) is 22.3 Å². The zero-order valence-electron chi connectivity index (χ0n) is 20.4. The predicted octanol–water partition coefficient (Wildman–Crippen LogP) is 3.61. The van der Waals surface area contributed by atoms with Gasteiger partial charge in [-0.1, -0.05) is 0 Å². The van der Waals surface area contributed by atoms with Crippen LogP contribution in [0.4, 0.5) is 0 Å². The van der Waals surface area contributed by atoms with Gasteiger partial charge in [0.2, 0.25) is 0 Å². The summed E-state index contributed by atoms with van der Waals surface area (Å²) in [6, 6.07) is 17.0. The van der Waals surface area contributed by atoms with Crippen LogP contribution in [0.2, 0.25) is 0 Å². The maximum absolute atomic E-state index is 5.13. The quantitative estimate of drug-likeness (QED) is 0.283. The normalized spacial score (nSPS) is 11.6. The average molecular weight is 602 g/mol. The fourth-order valence-corrected chi connectivity index (χ4v) is 10.5. The summed E-state index contributed by atoms with van der Waals surface area (Å²) in [5.41, 5.74) is 8.94. The molecule has 0 bridgehead atoms. The van der Waals surface area contributed by atoms with Crippen molar-refractivity contribution in [2.45, 2.75) is 27.7 Å². The molecule has 0 saturated carbocycles. The molecule has 0 aliphatic carbocycles. The van der Waals surface area contributed by atoms with Crippen LogP contribution in [-0.2, 0) is 0 Å². The minimum atomic E-state index is 0.143. The predicted molar refractivity (Wildman–Crippen MR) is 147 cm³/mol. The van der Waals surface area contributed by atoms with Gasteiger partial charge < -0.3 is 0 Å². The number of fused-ring (bicyclic) bond motifs is 2. The van der Waals surface area contributed by atoms with E-state index in [-0.39, 0.29) is 26.3 Å². The Labute approximate surface area is 220 Å². The zero-order valence-corrected chi connectivity index (χ0v) is 23.9. The van der Waals surface area contributed by atoms with Gasteiger partial charge in [-0.2, -0.15) is 0 Å². The van der Waals surface area contributed by atoms with Crippen LogP contribution in [0.25, 0.3) is 34.1 Å². The molecule has 178 valence electrons. The average Bonchev–Trinajstić information content (AvgIpc) is 3.40. The van der Waals surface area contributed by atoms with Crippen LogP contribution in [0.15, 0.2) is 73.3 Å². The van der Waals surface area contributed by atoms with Crippen molar-refractivity contribution in [2.24, 2.45) is 0 Å². The number of hydrogen-bond acceptors (Lipinski definition) is 4. The number of aromatic nitrogens is 6. The first-order valence-electron chi connectivity index (χ1n) is 11.6. The number of aryl methyl sites for hydroxylation is 4. The van der Waals surface area contributed by atoms with Gasteiger partial charge in [-0.15, -0.1) is 0 Å². The monoisotopic (exact) mass is 604 g/mol. The number of rotatable bonds is 5. The summed E-state index contributed by atoms with van der Waals surface area (Å²) < 4.78 is 6.65. The van der Waals surface area contributed by atoms with E-state index in [0.717, 1.165) is 43.3 Å². The second-order valence-corrected chi connectivity index (χ2v) is 15.0. The molecule has 0 amide bonds. The van der Waals surface area contributed by atoms with Crippen molar-refractivity contribution >= 4 is 46.5 Å². The first-order valence-corrected chi connectivity index (χ1v) is 17.7. The van der Waals surface area contributed by atoms with E-state index in [1.54, 1.807) is 0 Å². The summed E-state index contributed by atoms with van der Waals surface area (Å²) in [7, 11) is 0. The van der Waals surface area contributed by atoms with E-state index in [4.69, 9.17) is 9.97 Å². The fourth-order valence-electron chi connectivity index (χ4n) is 4.20. The summed E-state index contributed by atoms with van der Waals surface area (Å²) in [5, 5.41) is 0. The van der Waals surface area contributed by atoms with Gasteiger partial charge in [0.25, 0.3) is 0 Å². The van der Waals surface area contributed by atoms with Gasteiger partial charge in [-0.05, 0) is 0 Å². The van der Waals surface area contributed by atoms with Crippen molar-refractivity contribution in [3.05, 3.63) is 95.6 Å². The van der Waals surface area contributed by atoms with Crippen molar-refractivity contribution < 1.29 is 0 Å². The molecule has 0 fully saturated rings. The van der Waals surface area contributed by atoms with Crippen LogP contribution in [0.1, 0.15) is 22.3 Å². The Hall–Kier alpha value is -3.28. The Kier molecular flexibility index (Phi) is 5.98. The van der Waals surface area contributed by atoms with Crippen molar-refractivity contribution in [3.63, 3.8) is 0 Å². The summed E-state index contributed by atoms with van der Waals surface area (Å²) in [6.07, 6.45) is 7.94. The van der Waals surface area contributed by atoms with E-state index in [9.17, 15) is 0 Å². The second kappa shape index (κ2) is 9.30. The molecule has 0 atom stereocenters. The summed E-state index contributed by atoms with van der Waals surface area (Å²) in [5.74, 6) is 1.80. The standard InChI is InChI=1S/C28H24N6Se2/c1-17-5-9-29-21(13-17)25-31-27(23-15-19(3)7-11-33(23)25)35-36-28-24-16-20(4)8-12-34(24)26(32-28)22-14-18(2)6-10-30-22/h5-16H,1-4H3. The number of hydrogen-bond donors (Lipinski definition) is 0. The SMILES string of the molecule is Cc1ccnc(-c2nc([Se][Se]c3nc(-c4cc(C)ccn4)n4ccc(C)cc34)c3cc(C)ccn23)c1. The van der Waals surface area contributed by atoms with E-state index in [2.05, 4.69) is 95.3 Å². The van der Waals surface area contributed by atoms with Crippen LogP contribution < -0.4 is 9.18 Å². The molecule has 0 spiro atoms. The van der Waals surface area contributed by atoms with E-state index >= 15 is 0 Å². The maximum atomic E-state index is 5.13. The van der Waals surface area contributed by atoms with Gasteiger partial charge in [0, 0.05) is 0 Å². The van der Waals surface area contributed by atoms with Crippen LogP contribution in [-0.4, -0.2) is 55.0 Å². The Bertz CT molecular complexity index is 1620. The van der Waals surface area contributed by atoms with Gasteiger partial charge >= 0.3 is 222 Å². The zero-order chi connectivity index (χ0) is 24.8. The van der Waals surface area contributed by atoms with Gasteiger partial charge in [0.1, 0.15) is 0 Å². The summed E-state index contributed by atoms with van der Waals surface area (Å²) in [6.45, 7) is 8.44. The Morgan fingerprint density at radius 3 is 1.39 bits per heavy atom. The molecular formula is C28H24N6Se2. The van der Waals surface area contributed by atoms with Crippen molar-refractivity contribution in [3.8, 4) is 23.0 Å². The topological polar surface area (TPSA) is 60.4 Å². The Balaban J connectivity index is 1.43. The molecule has 0 aliphatic rings. The molecule has 0 aromatic carbocycles. The molecule has 0 unspecified atom stereocenters. The van der Waals surface area contributed by atoms with Gasteiger partial charge in [0.05, 0.1) is 0 Å². The molecule has 6 heterocycles. The second-order valence-electron chi connectivity index (χ2n) is 9.00. The van der Waals surface area contributed by atoms with Gasteiger partial charge in [-0.3, -0.25) is 0 Å². The van der Waals surface area contributed by atoms with Crippen LogP contribution in [0.5, 0.6) is 0 Å². The molecule has 0 radical (unpaired) electrons. The molecule has 8 heteroatoms. The summed E-state index contributed by atoms with van der Waals surface area (Å²) >= 11 is 0.286. The van der Waals surface area contributed by atoms with Gasteiger partial charge in [0.15, 0.2) is 0 Å². The van der Waals surface area contributed by atoms with Crippen LogP contribution in [0.3, 0.4) is 0 Å². The fraction of sp³-hybridized carbons (Fsp3) is 0.143. The van der Waals surface area contributed by atoms with E-state index in [0.29, 0.717) is 0 Å². The van der Waals surface area contributed by atoms with Crippen LogP contribution >= 0.6 is 0 Å². The summed E-state index contributed by atoms with van der Waals surface area (Å²) in [4.78, 5) is 19.5. The molecule has 6 aromatic rings. The molecule has 6 nitrogen and oxygen atoms in total. The molecular weight excluding hydrogens is 578 g/mol. The molecule has 0 saturated heterocycles. The van der Waals surface area contributed by atoms with Crippen LogP contribution in [0, 0.1) is 27.7 Å². The van der Waals surface area contributed by atoms with E-state index in [1.807, 2.05) is 24.5 Å². The first kappa shape index (κ1) is 23.1. The van der Waals surface area contributed by atoms with Crippen molar-refractivity contribution in [2.75, 3.05) is 0 Å². The Morgan fingerprint density at radius 1 is 0.556 bits per heavy atom. The molecule has 36 heavy (non-hydrogen) atoms. The number of imidazole rings is 2. The molecule has 6 aromatic heterocycles. The molecule has 0 aliphatic heterocycles. The first-order chi connectivity index (χ1) is 17.5. The third-order valence-electron chi connectivity index (χ3n) is 6.02. The van der Waals surface area contributed by atoms with E-state index < -0.39 is 0 Å². The third-order valence-corrected chi connectivity index (χ3v) is 12.5. The van der Waals surface area contributed by atoms with Gasteiger partial charge in [-0.25, -0.2) is 0 Å². The minimum absolute atomic E-state index is 0.143. The Morgan fingerprint density at radius 2 is 0.972 bits per heavy atom. The van der Waals surface area contributed by atoms with Crippen molar-refractivity contribution in [1.82, 2.24) is 28.7 Å². The molecule has 0 N–H and O–H groups in total. The number of pyridine rings is 4. The molecule has 6 rings (SSSR count). The third kappa shape index (κ3) is 4.27. The van der Waals surface area contributed by atoms with Crippen molar-refractivity contribution in [1.29, 1.82) is 0 Å². The number of nitrogens with zero attached hydrogens (tertiary/aromatic N) is 6.